The number of carbonyl (C=O) groups excluding carboxylic acids is 12. The van der Waals surface area contributed by atoms with Gasteiger partial charge in [-0.15, -0.1) is 0 Å². The van der Waals surface area contributed by atoms with Gasteiger partial charge in [-0.3, -0.25) is 38.4 Å². The molecule has 8 atom stereocenters. The van der Waals surface area contributed by atoms with Crippen molar-refractivity contribution in [2.75, 3.05) is 54.9 Å². The van der Waals surface area contributed by atoms with Crippen molar-refractivity contribution in [3.63, 3.8) is 0 Å². The Morgan fingerprint density at radius 3 is 0.683 bits per heavy atom. The fourth-order valence-corrected chi connectivity index (χ4v) is 16.6. The molecule has 4 aliphatic carbocycles. The maximum atomic E-state index is 14.2. The standard InChI is InChI=1S/C77H100O24/c1-45-33-49(74(90-17)69(13,37-45)57(82)61(86)98-74)65(5,6)29-21-25-53(78)94-41-73(42-95-54(79)26-22-30-66(7,8)50-34-46(2)38-70(14)58(83)62(87)99-75(50,70)91-18,43-96-55(80)27-23-31-67(9,10)51-35-47(3)39-71(15)59(84)63(88)100-76(51,71)92-19)44-97-56(81)28-24-32-68(11,12)52-36-48(4)40-72(16)60(85)64(89)101-77(52,72)93-20/h33-40H,21-32,41-44H2,1-20H3. The second-order valence-electron chi connectivity index (χ2n) is 31.8. The van der Waals surface area contributed by atoms with Crippen molar-refractivity contribution in [1.82, 2.24) is 0 Å². The molecule has 0 spiro atoms. The van der Waals surface area contributed by atoms with E-state index in [2.05, 4.69) is 0 Å². The third-order valence-electron chi connectivity index (χ3n) is 22.2. The fraction of sp³-hybridized carbons (Fsp3) is 0.636. The molecule has 0 saturated carbocycles. The van der Waals surface area contributed by atoms with Gasteiger partial charge < -0.3 is 56.8 Å². The van der Waals surface area contributed by atoms with E-state index in [1.807, 2.05) is 55.4 Å². The van der Waals surface area contributed by atoms with E-state index in [1.165, 1.54) is 28.4 Å². The molecular formula is C77H100O24. The average molecular weight is 1410 g/mol. The molecule has 4 aliphatic heterocycles. The first-order chi connectivity index (χ1) is 46.7. The molecule has 0 aromatic rings. The zero-order valence-corrected chi connectivity index (χ0v) is 62.2. The number of ether oxygens (including phenoxy) is 12. The van der Waals surface area contributed by atoms with Crippen LogP contribution in [0.4, 0.5) is 0 Å². The summed E-state index contributed by atoms with van der Waals surface area (Å²) in [6.07, 6.45) is 14.8. The number of methoxy groups -OCH3 is 4. The predicted molar refractivity (Wildman–Crippen MR) is 360 cm³/mol. The summed E-state index contributed by atoms with van der Waals surface area (Å²) in [4.78, 5) is 162. The highest BCUT2D eigenvalue weighted by molar-refractivity contribution is 6.40. The molecule has 8 rings (SSSR count). The topological polar surface area (TPSA) is 316 Å². The van der Waals surface area contributed by atoms with Crippen LogP contribution in [-0.2, 0) is 114 Å². The van der Waals surface area contributed by atoms with Gasteiger partial charge in [0.1, 0.15) is 53.5 Å². The molecule has 0 N–H and O–H groups in total. The number of hydrogen-bond donors (Lipinski definition) is 0. The smallest absolute Gasteiger partial charge is 0.378 e. The van der Waals surface area contributed by atoms with E-state index < -0.39 is 169 Å². The lowest BCUT2D eigenvalue weighted by molar-refractivity contribution is -0.214. The Labute approximate surface area is 590 Å². The minimum absolute atomic E-state index is 0.183. The monoisotopic (exact) mass is 1410 g/mol. The van der Waals surface area contributed by atoms with Gasteiger partial charge in [-0.1, -0.05) is 126 Å². The summed E-state index contributed by atoms with van der Waals surface area (Å²) < 4.78 is 70.9. The predicted octanol–water partition coefficient (Wildman–Crippen LogP) is 10.4. The summed E-state index contributed by atoms with van der Waals surface area (Å²) in [5.74, 6) is -17.2. The van der Waals surface area contributed by atoms with Crippen LogP contribution in [-0.4, -0.2) is 149 Å². The molecule has 24 heteroatoms. The first kappa shape index (κ1) is 78.9. The molecular weight excluding hydrogens is 1310 g/mol. The minimum Gasteiger partial charge on any atom is -0.465 e. The van der Waals surface area contributed by atoms with Gasteiger partial charge in [0.15, 0.2) is 0 Å². The largest absolute Gasteiger partial charge is 0.465 e. The highest BCUT2D eigenvalue weighted by Gasteiger charge is 2.72. The van der Waals surface area contributed by atoms with Crippen LogP contribution in [0.2, 0.25) is 0 Å². The second-order valence-corrected chi connectivity index (χ2v) is 31.8. The number of carbonyl (C=O) groups is 12. The number of allylic oxidation sites excluding steroid dienone is 8. The Balaban J connectivity index is 1.04. The van der Waals surface area contributed by atoms with Crippen molar-refractivity contribution in [2.24, 2.45) is 48.7 Å². The van der Waals surface area contributed by atoms with Crippen LogP contribution in [0.3, 0.4) is 0 Å². The molecule has 4 saturated heterocycles. The molecule has 0 amide bonds. The van der Waals surface area contributed by atoms with E-state index in [9.17, 15) is 57.5 Å². The average Bonchev–Trinajstić information content (AvgIpc) is 1.61. The van der Waals surface area contributed by atoms with Crippen LogP contribution in [0.25, 0.3) is 0 Å². The Hall–Kier alpha value is -7.80. The molecule has 0 radical (unpaired) electrons. The summed E-state index contributed by atoms with van der Waals surface area (Å²) in [5, 5.41) is 0. The first-order valence-electron chi connectivity index (χ1n) is 34.4. The van der Waals surface area contributed by atoms with Gasteiger partial charge in [0.2, 0.25) is 0 Å². The lowest BCUT2D eigenvalue weighted by Gasteiger charge is -2.46. The SMILES string of the molecule is COC12OC(=O)C(=O)C1(C)C=C(C)C=C2C(C)(C)CCCC(=O)OCC(COC(=O)CCCC(C)(C)C1=CC(C)=CC2(C)C(=O)C(=O)OC12OC)(COC(=O)CCCC(C)(C)C1=CC(C)=CC2(C)C(=O)C(=O)OC12OC)COC(=O)CCCC(C)(C)C1=CC(C)=CC2(C)C(=O)C(=O)OC12OC. The molecule has 0 aromatic carbocycles. The molecule has 552 valence electrons. The van der Waals surface area contributed by atoms with Gasteiger partial charge in [0.25, 0.3) is 46.3 Å². The number of esters is 8. The second kappa shape index (κ2) is 27.8. The van der Waals surface area contributed by atoms with Crippen molar-refractivity contribution in [1.29, 1.82) is 0 Å². The van der Waals surface area contributed by atoms with Crippen molar-refractivity contribution < 1.29 is 114 Å². The van der Waals surface area contributed by atoms with E-state index in [1.54, 1.807) is 104 Å². The quantitative estimate of drug-likeness (QED) is 0.0343. The van der Waals surface area contributed by atoms with Gasteiger partial charge in [0.05, 0.1) is 0 Å². The minimum atomic E-state index is -1.78. The third-order valence-corrected chi connectivity index (χ3v) is 22.2. The van der Waals surface area contributed by atoms with Crippen LogP contribution in [0.5, 0.6) is 0 Å². The summed E-state index contributed by atoms with van der Waals surface area (Å²) >= 11 is 0. The van der Waals surface area contributed by atoms with E-state index in [4.69, 9.17) is 56.8 Å². The Morgan fingerprint density at radius 2 is 0.515 bits per heavy atom. The van der Waals surface area contributed by atoms with E-state index in [0.717, 1.165) is 0 Å². The van der Waals surface area contributed by atoms with Crippen LogP contribution in [0.15, 0.2) is 93.2 Å². The van der Waals surface area contributed by atoms with Crippen molar-refractivity contribution in [3.05, 3.63) is 93.2 Å². The van der Waals surface area contributed by atoms with Crippen molar-refractivity contribution >= 4 is 70.9 Å². The zero-order chi connectivity index (χ0) is 75.5. The number of rotatable bonds is 32. The highest BCUT2D eigenvalue weighted by atomic mass is 16.7. The molecule has 0 bridgehead atoms. The molecule has 8 aliphatic rings. The summed E-state index contributed by atoms with van der Waals surface area (Å²) in [6.45, 7) is 25.9. The molecule has 0 aromatic heterocycles. The van der Waals surface area contributed by atoms with E-state index in [0.29, 0.717) is 44.6 Å². The van der Waals surface area contributed by atoms with Gasteiger partial charge >= 0.3 is 47.8 Å². The molecule has 24 nitrogen and oxygen atoms in total. The van der Waals surface area contributed by atoms with E-state index >= 15 is 0 Å². The third kappa shape index (κ3) is 13.4. The fourth-order valence-electron chi connectivity index (χ4n) is 16.6. The number of Topliss-reactive ketones (excluding diaryl/α,β-unsaturated/α-hetero) is 4. The van der Waals surface area contributed by atoms with Crippen LogP contribution >= 0.6 is 0 Å². The normalized spacial score (nSPS) is 29.9. The maximum absolute atomic E-state index is 14.2. The number of fused-ring (bicyclic) bond motifs is 4. The van der Waals surface area contributed by atoms with Gasteiger partial charge in [-0.05, 0) is 128 Å². The highest BCUT2D eigenvalue weighted by Crippen LogP contribution is 2.61. The van der Waals surface area contributed by atoms with Crippen molar-refractivity contribution in [3.8, 4) is 0 Å². The summed E-state index contributed by atoms with van der Waals surface area (Å²) in [6, 6.07) is 0. The Kier molecular flexibility index (Phi) is 21.7. The van der Waals surface area contributed by atoms with Crippen LogP contribution in [0.1, 0.15) is 188 Å². The molecule has 4 heterocycles. The molecule has 8 unspecified atom stereocenters. The molecule has 101 heavy (non-hydrogen) atoms. The van der Waals surface area contributed by atoms with E-state index in [-0.39, 0.29) is 77.0 Å². The number of hydrogen-bond acceptors (Lipinski definition) is 24. The lowest BCUT2D eigenvalue weighted by atomic mass is 9.63. The number of ketones is 4. The summed E-state index contributed by atoms with van der Waals surface area (Å²) in [5.41, 5.74) is -6.31. The Morgan fingerprint density at radius 1 is 0.337 bits per heavy atom. The Bertz CT molecular complexity index is 3310. The van der Waals surface area contributed by atoms with Crippen LogP contribution < -0.4 is 0 Å². The molecule has 4 fully saturated rings. The van der Waals surface area contributed by atoms with Gasteiger partial charge in [-0.2, -0.15) is 0 Å². The van der Waals surface area contributed by atoms with Gasteiger partial charge in [0, 0.05) is 76.4 Å². The summed E-state index contributed by atoms with van der Waals surface area (Å²) in [7, 11) is 5.41. The maximum Gasteiger partial charge on any atom is 0.378 e. The van der Waals surface area contributed by atoms with Gasteiger partial charge in [-0.25, -0.2) is 19.2 Å². The van der Waals surface area contributed by atoms with Crippen LogP contribution in [0, 0.1) is 48.7 Å². The lowest BCUT2D eigenvalue weighted by Crippen LogP contribution is -2.53. The first-order valence-corrected chi connectivity index (χ1v) is 34.4. The van der Waals surface area contributed by atoms with Crippen molar-refractivity contribution in [2.45, 2.75) is 211 Å². The zero-order valence-electron chi connectivity index (χ0n) is 62.2.